The fraction of sp³-hybridized carbons (Fsp3) is 0.625. The van der Waals surface area contributed by atoms with Crippen LogP contribution in [0.15, 0.2) is 24.3 Å². The predicted octanol–water partition coefficient (Wildman–Crippen LogP) is 3.22. The molecule has 1 aliphatic rings. The molecular formula is C16H26N2. The first-order chi connectivity index (χ1) is 8.53. The average molecular weight is 246 g/mol. The van der Waals surface area contributed by atoms with Crippen LogP contribution in [-0.4, -0.2) is 24.7 Å². The maximum atomic E-state index is 3.67. The van der Waals surface area contributed by atoms with Crippen molar-refractivity contribution in [2.45, 2.75) is 52.1 Å². The highest BCUT2D eigenvalue weighted by Crippen LogP contribution is 2.29. The van der Waals surface area contributed by atoms with E-state index in [0.717, 1.165) is 19.5 Å². The Labute approximate surface area is 111 Å². The topological polar surface area (TPSA) is 15.3 Å². The monoisotopic (exact) mass is 246 g/mol. The van der Waals surface area contributed by atoms with Crippen LogP contribution in [0.5, 0.6) is 0 Å². The molecule has 1 N–H and O–H groups in total. The van der Waals surface area contributed by atoms with Crippen LogP contribution in [0.4, 0.5) is 5.69 Å². The van der Waals surface area contributed by atoms with Crippen molar-refractivity contribution in [2.24, 2.45) is 0 Å². The van der Waals surface area contributed by atoms with E-state index in [-0.39, 0.29) is 5.54 Å². The number of rotatable bonds is 5. The highest BCUT2D eigenvalue weighted by molar-refractivity contribution is 5.58. The second-order valence-corrected chi connectivity index (χ2v) is 6.04. The van der Waals surface area contributed by atoms with Crippen molar-refractivity contribution in [1.82, 2.24) is 5.32 Å². The molecule has 1 unspecified atom stereocenters. The van der Waals surface area contributed by atoms with Crippen molar-refractivity contribution >= 4 is 5.69 Å². The van der Waals surface area contributed by atoms with Crippen molar-refractivity contribution in [3.8, 4) is 0 Å². The molecule has 1 aromatic carbocycles. The highest BCUT2D eigenvalue weighted by atomic mass is 15.2. The van der Waals surface area contributed by atoms with Gasteiger partial charge in [-0.1, -0.05) is 25.1 Å². The van der Waals surface area contributed by atoms with Crippen molar-refractivity contribution in [2.75, 3.05) is 18.0 Å². The van der Waals surface area contributed by atoms with Gasteiger partial charge in [0.15, 0.2) is 0 Å². The molecule has 1 aliphatic heterocycles. The standard InChI is InChI=1S/C16H26N2/c1-5-16(3,4)17-12-13(2)18-11-10-14-8-6-7-9-15(14)18/h6-9,13,17H,5,10-12H2,1-4H3. The molecule has 0 fully saturated rings. The van der Waals surface area contributed by atoms with E-state index in [9.17, 15) is 0 Å². The molecule has 0 spiro atoms. The number of hydrogen-bond acceptors (Lipinski definition) is 2. The largest absolute Gasteiger partial charge is 0.367 e. The van der Waals surface area contributed by atoms with E-state index < -0.39 is 0 Å². The zero-order chi connectivity index (χ0) is 13.2. The molecule has 1 atom stereocenters. The third kappa shape index (κ3) is 2.86. The lowest BCUT2D eigenvalue weighted by Gasteiger charge is -2.32. The van der Waals surface area contributed by atoms with E-state index in [0.29, 0.717) is 6.04 Å². The zero-order valence-corrected chi connectivity index (χ0v) is 12.2. The molecular weight excluding hydrogens is 220 g/mol. The zero-order valence-electron chi connectivity index (χ0n) is 12.2. The summed E-state index contributed by atoms with van der Waals surface area (Å²) in [5.41, 5.74) is 3.17. The Kier molecular flexibility index (Phi) is 3.96. The Bertz CT molecular complexity index is 398. The number of para-hydroxylation sites is 1. The lowest BCUT2D eigenvalue weighted by Crippen LogP contribution is -2.47. The fourth-order valence-electron chi connectivity index (χ4n) is 2.48. The summed E-state index contributed by atoms with van der Waals surface area (Å²) in [6.45, 7) is 11.3. The second-order valence-electron chi connectivity index (χ2n) is 6.04. The van der Waals surface area contributed by atoms with Crippen molar-refractivity contribution in [1.29, 1.82) is 0 Å². The van der Waals surface area contributed by atoms with Crippen LogP contribution in [0.1, 0.15) is 39.7 Å². The van der Waals surface area contributed by atoms with E-state index in [1.54, 1.807) is 0 Å². The van der Waals surface area contributed by atoms with Gasteiger partial charge in [0.2, 0.25) is 0 Å². The normalized spacial score (nSPS) is 16.8. The number of anilines is 1. The van der Waals surface area contributed by atoms with Crippen LogP contribution in [0.3, 0.4) is 0 Å². The summed E-state index contributed by atoms with van der Waals surface area (Å²) in [6.07, 6.45) is 2.36. The van der Waals surface area contributed by atoms with Crippen LogP contribution < -0.4 is 10.2 Å². The van der Waals surface area contributed by atoms with Crippen LogP contribution in [-0.2, 0) is 6.42 Å². The molecule has 18 heavy (non-hydrogen) atoms. The van der Waals surface area contributed by atoms with Gasteiger partial charge in [0.05, 0.1) is 0 Å². The molecule has 0 bridgehead atoms. The van der Waals surface area contributed by atoms with Crippen molar-refractivity contribution in [3.63, 3.8) is 0 Å². The molecule has 1 heterocycles. The summed E-state index contributed by atoms with van der Waals surface area (Å²) in [5, 5.41) is 3.67. The minimum absolute atomic E-state index is 0.244. The number of hydrogen-bond donors (Lipinski definition) is 1. The Morgan fingerprint density at radius 2 is 2.06 bits per heavy atom. The summed E-state index contributed by atoms with van der Waals surface area (Å²) in [4.78, 5) is 2.54. The quantitative estimate of drug-likeness (QED) is 0.858. The predicted molar refractivity (Wildman–Crippen MR) is 79.3 cm³/mol. The van der Waals surface area contributed by atoms with Crippen LogP contribution in [0.2, 0.25) is 0 Å². The molecule has 100 valence electrons. The Morgan fingerprint density at radius 1 is 1.33 bits per heavy atom. The maximum Gasteiger partial charge on any atom is 0.0402 e. The van der Waals surface area contributed by atoms with Crippen LogP contribution >= 0.6 is 0 Å². The third-order valence-electron chi connectivity index (χ3n) is 4.22. The summed E-state index contributed by atoms with van der Waals surface area (Å²) in [6, 6.07) is 9.35. The number of fused-ring (bicyclic) bond motifs is 1. The first-order valence-electron chi connectivity index (χ1n) is 7.13. The van der Waals surface area contributed by atoms with Gasteiger partial charge in [-0.25, -0.2) is 0 Å². The minimum atomic E-state index is 0.244. The van der Waals surface area contributed by atoms with Gasteiger partial charge in [0.25, 0.3) is 0 Å². The molecule has 2 nitrogen and oxygen atoms in total. The first kappa shape index (κ1) is 13.4. The number of nitrogens with zero attached hydrogens (tertiary/aromatic N) is 1. The lowest BCUT2D eigenvalue weighted by atomic mass is 10.0. The van der Waals surface area contributed by atoms with Gasteiger partial charge in [-0.15, -0.1) is 0 Å². The molecule has 2 heteroatoms. The van der Waals surface area contributed by atoms with Gasteiger partial charge >= 0.3 is 0 Å². The van der Waals surface area contributed by atoms with Crippen molar-refractivity contribution < 1.29 is 0 Å². The highest BCUT2D eigenvalue weighted by Gasteiger charge is 2.24. The Hall–Kier alpha value is -1.02. The maximum absolute atomic E-state index is 3.67. The molecule has 0 aromatic heterocycles. The first-order valence-corrected chi connectivity index (χ1v) is 7.13. The van der Waals surface area contributed by atoms with Gasteiger partial charge in [0.1, 0.15) is 0 Å². The van der Waals surface area contributed by atoms with E-state index in [1.807, 2.05) is 0 Å². The molecule has 2 rings (SSSR count). The van der Waals surface area contributed by atoms with Crippen LogP contribution in [0.25, 0.3) is 0 Å². The minimum Gasteiger partial charge on any atom is -0.367 e. The fourth-order valence-corrected chi connectivity index (χ4v) is 2.48. The number of benzene rings is 1. The van der Waals surface area contributed by atoms with Gasteiger partial charge in [-0.05, 0) is 45.2 Å². The molecule has 0 radical (unpaired) electrons. The molecule has 0 amide bonds. The summed E-state index contributed by atoms with van der Waals surface area (Å²) < 4.78 is 0. The molecule has 0 saturated carbocycles. The van der Waals surface area contributed by atoms with Gasteiger partial charge in [0, 0.05) is 30.4 Å². The van der Waals surface area contributed by atoms with Gasteiger partial charge < -0.3 is 10.2 Å². The summed E-state index contributed by atoms with van der Waals surface area (Å²) >= 11 is 0. The Balaban J connectivity index is 1.97. The van der Waals surface area contributed by atoms with E-state index in [2.05, 4.69) is 62.2 Å². The van der Waals surface area contributed by atoms with E-state index >= 15 is 0 Å². The molecule has 0 aliphatic carbocycles. The second kappa shape index (κ2) is 5.31. The average Bonchev–Trinajstić information content (AvgIpc) is 2.80. The van der Waals surface area contributed by atoms with Crippen molar-refractivity contribution in [3.05, 3.63) is 29.8 Å². The van der Waals surface area contributed by atoms with E-state index in [4.69, 9.17) is 0 Å². The van der Waals surface area contributed by atoms with E-state index in [1.165, 1.54) is 17.7 Å². The Morgan fingerprint density at radius 3 is 2.78 bits per heavy atom. The lowest BCUT2D eigenvalue weighted by molar-refractivity contribution is 0.363. The van der Waals surface area contributed by atoms with Gasteiger partial charge in [-0.3, -0.25) is 0 Å². The molecule has 0 saturated heterocycles. The number of nitrogens with one attached hydrogen (secondary N) is 1. The van der Waals surface area contributed by atoms with Gasteiger partial charge in [-0.2, -0.15) is 0 Å². The summed E-state index contributed by atoms with van der Waals surface area (Å²) in [7, 11) is 0. The third-order valence-corrected chi connectivity index (χ3v) is 4.22. The summed E-state index contributed by atoms with van der Waals surface area (Å²) in [5.74, 6) is 0. The molecule has 1 aromatic rings. The van der Waals surface area contributed by atoms with Crippen LogP contribution in [0, 0.1) is 0 Å². The smallest absolute Gasteiger partial charge is 0.0402 e. The SMILES string of the molecule is CCC(C)(C)NCC(C)N1CCc2ccccc21.